The van der Waals surface area contributed by atoms with Gasteiger partial charge in [-0.25, -0.2) is 12.8 Å². The SMILES string of the molecule is O=C(c1cccc(NS(=O)(=O)c2ccc3c(c2)OCCO3)c1)N1CCN(c2ccccc2F)CC1. The summed E-state index contributed by atoms with van der Waals surface area (Å²) in [6.07, 6.45) is 0. The number of benzene rings is 3. The first-order valence-corrected chi connectivity index (χ1v) is 12.7. The number of nitrogens with zero attached hydrogens (tertiary/aromatic N) is 2. The number of carbonyl (C=O) groups is 1. The largest absolute Gasteiger partial charge is 0.486 e. The smallest absolute Gasteiger partial charge is 0.262 e. The van der Waals surface area contributed by atoms with Crippen molar-refractivity contribution >= 4 is 27.3 Å². The van der Waals surface area contributed by atoms with E-state index in [0.29, 0.717) is 62.1 Å². The molecule has 0 spiro atoms. The molecule has 1 saturated heterocycles. The van der Waals surface area contributed by atoms with Crippen LogP contribution in [0.3, 0.4) is 0 Å². The molecule has 182 valence electrons. The van der Waals surface area contributed by atoms with Gasteiger partial charge >= 0.3 is 0 Å². The zero-order valence-corrected chi connectivity index (χ0v) is 19.6. The number of nitrogens with one attached hydrogen (secondary N) is 1. The van der Waals surface area contributed by atoms with Crippen molar-refractivity contribution < 1.29 is 27.1 Å². The third-order valence-electron chi connectivity index (χ3n) is 5.95. The van der Waals surface area contributed by atoms with Gasteiger partial charge in [0, 0.05) is 43.5 Å². The second-order valence-corrected chi connectivity index (χ2v) is 9.90. The van der Waals surface area contributed by atoms with Crippen LogP contribution in [0.1, 0.15) is 10.4 Å². The summed E-state index contributed by atoms with van der Waals surface area (Å²) in [5, 5.41) is 0. The number of sulfonamides is 1. The van der Waals surface area contributed by atoms with Crippen molar-refractivity contribution in [2.75, 3.05) is 49.0 Å². The lowest BCUT2D eigenvalue weighted by molar-refractivity contribution is 0.0746. The molecule has 0 aliphatic carbocycles. The van der Waals surface area contributed by atoms with Gasteiger partial charge in [0.15, 0.2) is 11.5 Å². The van der Waals surface area contributed by atoms with Crippen molar-refractivity contribution in [1.29, 1.82) is 0 Å². The van der Waals surface area contributed by atoms with Gasteiger partial charge in [0.05, 0.1) is 10.6 Å². The van der Waals surface area contributed by atoms with Gasteiger partial charge in [0.1, 0.15) is 19.0 Å². The van der Waals surface area contributed by atoms with Gasteiger partial charge < -0.3 is 19.3 Å². The molecule has 0 unspecified atom stereocenters. The summed E-state index contributed by atoms with van der Waals surface area (Å²) in [4.78, 5) is 16.7. The molecule has 0 radical (unpaired) electrons. The first kappa shape index (κ1) is 23.0. The van der Waals surface area contributed by atoms with E-state index in [0.717, 1.165) is 0 Å². The van der Waals surface area contributed by atoms with Crippen LogP contribution in [0.25, 0.3) is 0 Å². The summed E-state index contributed by atoms with van der Waals surface area (Å²) in [7, 11) is -3.91. The molecule has 2 heterocycles. The molecule has 0 atom stereocenters. The molecular weight excluding hydrogens is 473 g/mol. The third kappa shape index (κ3) is 4.88. The van der Waals surface area contributed by atoms with Crippen LogP contribution in [0.15, 0.2) is 71.6 Å². The van der Waals surface area contributed by atoms with Crippen LogP contribution in [0.4, 0.5) is 15.8 Å². The zero-order chi connectivity index (χ0) is 24.4. The summed E-state index contributed by atoms with van der Waals surface area (Å²) in [6.45, 7) is 2.63. The van der Waals surface area contributed by atoms with Crippen molar-refractivity contribution in [2.24, 2.45) is 0 Å². The molecule has 1 fully saturated rings. The predicted molar refractivity (Wildman–Crippen MR) is 129 cm³/mol. The molecule has 3 aromatic rings. The number of piperazine rings is 1. The van der Waals surface area contributed by atoms with Crippen LogP contribution >= 0.6 is 0 Å². The number of ether oxygens (including phenoxy) is 2. The molecule has 3 aromatic carbocycles. The van der Waals surface area contributed by atoms with Crippen LogP contribution in [0.5, 0.6) is 11.5 Å². The number of rotatable bonds is 5. The average Bonchev–Trinajstić information content (AvgIpc) is 2.88. The Kier molecular flexibility index (Phi) is 6.21. The highest BCUT2D eigenvalue weighted by molar-refractivity contribution is 7.92. The van der Waals surface area contributed by atoms with E-state index in [-0.39, 0.29) is 22.3 Å². The summed E-state index contributed by atoms with van der Waals surface area (Å²) in [6, 6.07) is 17.4. The number of amides is 1. The maximum absolute atomic E-state index is 14.1. The fourth-order valence-corrected chi connectivity index (χ4v) is 5.23. The standard InChI is InChI=1S/C25H24FN3O5S/c26-21-6-1-2-7-22(21)28-10-12-29(13-11-28)25(30)18-4-3-5-19(16-18)27-35(31,32)20-8-9-23-24(17-20)34-15-14-33-23/h1-9,16-17,27H,10-15H2. The molecule has 5 rings (SSSR count). The average molecular weight is 498 g/mol. The summed E-state index contributed by atoms with van der Waals surface area (Å²) in [5.74, 6) is 0.374. The Morgan fingerprint density at radius 2 is 1.60 bits per heavy atom. The first-order valence-electron chi connectivity index (χ1n) is 11.2. The lowest BCUT2D eigenvalue weighted by Crippen LogP contribution is -2.49. The van der Waals surface area contributed by atoms with Gasteiger partial charge in [-0.3, -0.25) is 9.52 Å². The Hall–Kier alpha value is -3.79. The van der Waals surface area contributed by atoms with Crippen molar-refractivity contribution in [1.82, 2.24) is 4.90 Å². The molecular formula is C25H24FN3O5S. The van der Waals surface area contributed by atoms with E-state index in [2.05, 4.69) is 4.72 Å². The van der Waals surface area contributed by atoms with E-state index in [9.17, 15) is 17.6 Å². The van der Waals surface area contributed by atoms with Crippen molar-refractivity contribution in [2.45, 2.75) is 4.90 Å². The molecule has 0 bridgehead atoms. The Morgan fingerprint density at radius 3 is 2.37 bits per heavy atom. The Labute approximate surface area is 202 Å². The maximum atomic E-state index is 14.1. The van der Waals surface area contributed by atoms with Crippen molar-refractivity contribution in [3.8, 4) is 11.5 Å². The summed E-state index contributed by atoms with van der Waals surface area (Å²) in [5.41, 5.74) is 1.16. The number of fused-ring (bicyclic) bond motifs is 1. The molecule has 2 aliphatic rings. The van der Waals surface area contributed by atoms with Gasteiger partial charge in [-0.2, -0.15) is 0 Å². The van der Waals surface area contributed by atoms with Crippen LogP contribution in [-0.2, 0) is 10.0 Å². The second-order valence-electron chi connectivity index (χ2n) is 8.22. The van der Waals surface area contributed by atoms with E-state index in [1.807, 2.05) is 4.90 Å². The Balaban J connectivity index is 1.27. The van der Waals surface area contributed by atoms with Crippen molar-refractivity contribution in [3.63, 3.8) is 0 Å². The summed E-state index contributed by atoms with van der Waals surface area (Å²) >= 11 is 0. The van der Waals surface area contributed by atoms with E-state index in [4.69, 9.17) is 9.47 Å². The molecule has 10 heteroatoms. The first-order chi connectivity index (χ1) is 16.9. The highest BCUT2D eigenvalue weighted by Gasteiger charge is 2.24. The highest BCUT2D eigenvalue weighted by atomic mass is 32.2. The quantitative estimate of drug-likeness (QED) is 0.582. The van der Waals surface area contributed by atoms with Gasteiger partial charge in [0.2, 0.25) is 0 Å². The van der Waals surface area contributed by atoms with Crippen LogP contribution in [-0.4, -0.2) is 58.6 Å². The number of hydrogen-bond donors (Lipinski definition) is 1. The van der Waals surface area contributed by atoms with E-state index >= 15 is 0 Å². The number of anilines is 2. The minimum atomic E-state index is -3.91. The maximum Gasteiger partial charge on any atom is 0.262 e. The minimum Gasteiger partial charge on any atom is -0.486 e. The second kappa shape index (κ2) is 9.46. The Morgan fingerprint density at radius 1 is 0.857 bits per heavy atom. The van der Waals surface area contributed by atoms with E-state index < -0.39 is 10.0 Å². The molecule has 35 heavy (non-hydrogen) atoms. The number of hydrogen-bond acceptors (Lipinski definition) is 6. The topological polar surface area (TPSA) is 88.2 Å². The van der Waals surface area contributed by atoms with Gasteiger partial charge in [0.25, 0.3) is 15.9 Å². The van der Waals surface area contributed by atoms with E-state index in [1.165, 1.54) is 24.3 Å². The van der Waals surface area contributed by atoms with E-state index in [1.54, 1.807) is 47.4 Å². The van der Waals surface area contributed by atoms with Gasteiger partial charge in [-0.05, 0) is 42.5 Å². The van der Waals surface area contributed by atoms with Gasteiger partial charge in [-0.15, -0.1) is 0 Å². The lowest BCUT2D eigenvalue weighted by Gasteiger charge is -2.36. The molecule has 1 amide bonds. The summed E-state index contributed by atoms with van der Waals surface area (Å²) < 4.78 is 53.4. The highest BCUT2D eigenvalue weighted by Crippen LogP contribution is 2.33. The van der Waals surface area contributed by atoms with Crippen molar-refractivity contribution in [3.05, 3.63) is 78.1 Å². The fourth-order valence-electron chi connectivity index (χ4n) is 4.16. The number of carbonyl (C=O) groups excluding carboxylic acids is 1. The van der Waals surface area contributed by atoms with Crippen LogP contribution in [0, 0.1) is 5.82 Å². The monoisotopic (exact) mass is 497 g/mol. The Bertz CT molecular complexity index is 1360. The van der Waals surface area contributed by atoms with Crippen LogP contribution < -0.4 is 19.1 Å². The minimum absolute atomic E-state index is 0.0303. The third-order valence-corrected chi connectivity index (χ3v) is 7.32. The molecule has 2 aliphatic heterocycles. The number of halogens is 1. The van der Waals surface area contributed by atoms with Gasteiger partial charge in [-0.1, -0.05) is 18.2 Å². The normalized spacial score (nSPS) is 15.6. The predicted octanol–water partition coefficient (Wildman–Crippen LogP) is 3.36. The molecule has 1 N–H and O–H groups in total. The molecule has 8 nitrogen and oxygen atoms in total. The number of para-hydroxylation sites is 1. The zero-order valence-electron chi connectivity index (χ0n) is 18.8. The molecule has 0 saturated carbocycles. The lowest BCUT2D eigenvalue weighted by atomic mass is 10.1. The molecule has 0 aromatic heterocycles. The van der Waals surface area contributed by atoms with Crippen LogP contribution in [0.2, 0.25) is 0 Å². The fraction of sp³-hybridized carbons (Fsp3) is 0.240.